The predicted molar refractivity (Wildman–Crippen MR) is 131 cm³/mol. The number of aromatic nitrogens is 3. The summed E-state index contributed by atoms with van der Waals surface area (Å²) >= 11 is 7.63. The van der Waals surface area contributed by atoms with E-state index in [-0.39, 0.29) is 17.3 Å². The first-order valence-electron chi connectivity index (χ1n) is 11.1. The standard InChI is InChI=1S/C24H27ClN6OS/c1-14(32)20-23(29-13-18(30-20)33-17-6-9-28-22(27)19(17)25)31-10-7-24(8-11-31)12-15-4-2-3-5-16(15)21(24)26/h2-6,9,13-14,21,32H,7-8,10-12,26H2,1H3,(H2,27,28)/t14-,21+/m0/s1. The quantitative estimate of drug-likeness (QED) is 0.508. The van der Waals surface area contributed by atoms with Gasteiger partial charge in [0.2, 0.25) is 0 Å². The molecule has 1 aliphatic heterocycles. The molecule has 3 aromatic rings. The maximum Gasteiger partial charge on any atom is 0.153 e. The fourth-order valence-electron chi connectivity index (χ4n) is 5.06. The van der Waals surface area contributed by atoms with E-state index in [1.165, 1.54) is 22.9 Å². The Hall–Kier alpha value is -2.39. The van der Waals surface area contributed by atoms with Gasteiger partial charge in [-0.1, -0.05) is 47.6 Å². The molecule has 3 heterocycles. The molecular weight excluding hydrogens is 456 g/mol. The Labute approximate surface area is 202 Å². The Bertz CT molecular complexity index is 1180. The highest BCUT2D eigenvalue weighted by Crippen LogP contribution is 2.51. The molecule has 5 rings (SSSR count). The highest BCUT2D eigenvalue weighted by molar-refractivity contribution is 7.99. The molecule has 0 amide bonds. The van der Waals surface area contributed by atoms with Crippen molar-refractivity contribution in [2.75, 3.05) is 23.7 Å². The molecule has 0 saturated carbocycles. The minimum atomic E-state index is -0.750. The summed E-state index contributed by atoms with van der Waals surface area (Å²) < 4.78 is 0. The number of anilines is 2. The molecule has 33 heavy (non-hydrogen) atoms. The first-order valence-corrected chi connectivity index (χ1v) is 12.3. The summed E-state index contributed by atoms with van der Waals surface area (Å²) in [5.41, 5.74) is 15.8. The zero-order valence-corrected chi connectivity index (χ0v) is 20.0. The van der Waals surface area contributed by atoms with Crippen LogP contribution in [0.2, 0.25) is 5.02 Å². The third-order valence-corrected chi connectivity index (χ3v) is 8.37. The maximum absolute atomic E-state index is 10.5. The van der Waals surface area contributed by atoms with Crippen LogP contribution in [0.3, 0.4) is 0 Å². The molecule has 2 aliphatic rings. The lowest BCUT2D eigenvalue weighted by atomic mass is 9.73. The van der Waals surface area contributed by atoms with Gasteiger partial charge in [0, 0.05) is 30.2 Å². The average Bonchev–Trinajstić information content (AvgIpc) is 3.09. The van der Waals surface area contributed by atoms with Crippen molar-refractivity contribution in [2.24, 2.45) is 11.1 Å². The number of benzene rings is 1. The van der Waals surface area contributed by atoms with Crippen LogP contribution in [0.15, 0.2) is 52.6 Å². The predicted octanol–water partition coefficient (Wildman–Crippen LogP) is 4.15. The van der Waals surface area contributed by atoms with Gasteiger partial charge in [-0.25, -0.2) is 15.0 Å². The summed E-state index contributed by atoms with van der Waals surface area (Å²) in [5.74, 6) is 1.00. The molecule has 1 fully saturated rings. The van der Waals surface area contributed by atoms with E-state index in [9.17, 15) is 5.11 Å². The summed E-state index contributed by atoms with van der Waals surface area (Å²) in [6, 6.07) is 10.4. The molecule has 1 saturated heterocycles. The van der Waals surface area contributed by atoms with Crippen LogP contribution >= 0.6 is 23.4 Å². The van der Waals surface area contributed by atoms with Crippen molar-refractivity contribution < 1.29 is 5.11 Å². The van der Waals surface area contributed by atoms with Crippen LogP contribution in [-0.4, -0.2) is 33.1 Å². The number of fused-ring (bicyclic) bond motifs is 1. The summed E-state index contributed by atoms with van der Waals surface area (Å²) in [7, 11) is 0. The number of rotatable bonds is 4. The minimum absolute atomic E-state index is 0.0643. The normalized spacial score (nSPS) is 20.1. The topological polar surface area (TPSA) is 114 Å². The maximum atomic E-state index is 10.5. The molecule has 1 aromatic carbocycles. The van der Waals surface area contributed by atoms with E-state index < -0.39 is 6.10 Å². The van der Waals surface area contributed by atoms with Crippen molar-refractivity contribution in [3.63, 3.8) is 0 Å². The van der Waals surface area contributed by atoms with Gasteiger partial charge < -0.3 is 21.5 Å². The molecule has 2 aromatic heterocycles. The van der Waals surface area contributed by atoms with E-state index in [0.29, 0.717) is 15.7 Å². The number of pyridine rings is 1. The van der Waals surface area contributed by atoms with Crippen molar-refractivity contribution in [1.82, 2.24) is 15.0 Å². The molecule has 172 valence electrons. The summed E-state index contributed by atoms with van der Waals surface area (Å²) in [4.78, 5) is 16.4. The number of nitrogen functional groups attached to an aromatic ring is 1. The highest BCUT2D eigenvalue weighted by atomic mass is 35.5. The fraction of sp³-hybridized carbons (Fsp3) is 0.375. The summed E-state index contributed by atoms with van der Waals surface area (Å²) in [6.07, 6.45) is 5.56. The van der Waals surface area contributed by atoms with Gasteiger partial charge in [-0.2, -0.15) is 0 Å². The number of piperidine rings is 1. The summed E-state index contributed by atoms with van der Waals surface area (Å²) in [5, 5.41) is 11.5. The lowest BCUT2D eigenvalue weighted by Gasteiger charge is -2.43. The third kappa shape index (κ3) is 4.05. The van der Waals surface area contributed by atoms with Crippen LogP contribution in [0, 0.1) is 5.41 Å². The molecule has 9 heteroatoms. The van der Waals surface area contributed by atoms with Gasteiger partial charge in [0.25, 0.3) is 0 Å². The largest absolute Gasteiger partial charge is 0.387 e. The second kappa shape index (κ2) is 8.76. The molecular formula is C24H27ClN6OS. The Morgan fingerprint density at radius 3 is 2.70 bits per heavy atom. The van der Waals surface area contributed by atoms with Crippen molar-refractivity contribution in [1.29, 1.82) is 0 Å². The Balaban J connectivity index is 1.35. The van der Waals surface area contributed by atoms with Gasteiger partial charge in [-0.3, -0.25) is 0 Å². The second-order valence-electron chi connectivity index (χ2n) is 8.91. The molecule has 0 radical (unpaired) electrons. The second-order valence-corrected chi connectivity index (χ2v) is 10.3. The smallest absolute Gasteiger partial charge is 0.153 e. The number of hydrogen-bond acceptors (Lipinski definition) is 8. The van der Waals surface area contributed by atoms with E-state index >= 15 is 0 Å². The molecule has 7 nitrogen and oxygen atoms in total. The van der Waals surface area contributed by atoms with Crippen molar-refractivity contribution in [3.05, 3.63) is 64.6 Å². The zero-order valence-electron chi connectivity index (χ0n) is 18.4. The van der Waals surface area contributed by atoms with E-state index in [2.05, 4.69) is 34.1 Å². The Kier molecular flexibility index (Phi) is 5.95. The highest BCUT2D eigenvalue weighted by Gasteiger charge is 2.46. The van der Waals surface area contributed by atoms with Gasteiger partial charge in [0.05, 0.1) is 17.3 Å². The van der Waals surface area contributed by atoms with Crippen LogP contribution in [0.5, 0.6) is 0 Å². The van der Waals surface area contributed by atoms with E-state index in [1.54, 1.807) is 25.4 Å². The van der Waals surface area contributed by atoms with Crippen molar-refractivity contribution in [3.8, 4) is 0 Å². The number of aliphatic hydroxyl groups is 1. The number of halogens is 1. The van der Waals surface area contributed by atoms with Gasteiger partial charge in [0.1, 0.15) is 16.5 Å². The van der Waals surface area contributed by atoms with Gasteiger partial charge in [-0.15, -0.1) is 0 Å². The minimum Gasteiger partial charge on any atom is -0.387 e. The molecule has 5 N–H and O–H groups in total. The van der Waals surface area contributed by atoms with E-state index in [4.69, 9.17) is 33.0 Å². The van der Waals surface area contributed by atoms with Crippen LogP contribution in [0.1, 0.15) is 48.7 Å². The van der Waals surface area contributed by atoms with Crippen LogP contribution in [0.4, 0.5) is 11.6 Å². The van der Waals surface area contributed by atoms with Crippen LogP contribution in [0.25, 0.3) is 0 Å². The van der Waals surface area contributed by atoms with E-state index in [1.807, 2.05) is 0 Å². The number of nitrogens with two attached hydrogens (primary N) is 2. The first-order chi connectivity index (χ1) is 15.9. The van der Waals surface area contributed by atoms with Gasteiger partial charge in [0.15, 0.2) is 5.82 Å². The van der Waals surface area contributed by atoms with Crippen LogP contribution in [-0.2, 0) is 6.42 Å². The molecule has 1 spiro atoms. The van der Waals surface area contributed by atoms with Crippen LogP contribution < -0.4 is 16.4 Å². The summed E-state index contributed by atoms with van der Waals surface area (Å²) in [6.45, 7) is 3.37. The molecule has 0 unspecified atom stereocenters. The SMILES string of the molecule is C[C@H](O)c1nc(Sc2ccnc(N)c2Cl)cnc1N1CCC2(CC1)Cc1ccccc1[C@H]2N. The molecule has 2 atom stereocenters. The van der Waals surface area contributed by atoms with Crippen molar-refractivity contribution in [2.45, 2.75) is 48.3 Å². The zero-order chi connectivity index (χ0) is 23.2. The van der Waals surface area contributed by atoms with Gasteiger partial charge in [-0.05, 0) is 48.8 Å². The average molecular weight is 483 g/mol. The lowest BCUT2D eigenvalue weighted by molar-refractivity contribution is 0.182. The van der Waals surface area contributed by atoms with Gasteiger partial charge >= 0.3 is 0 Å². The number of hydrogen-bond donors (Lipinski definition) is 3. The molecule has 1 aliphatic carbocycles. The van der Waals surface area contributed by atoms with Crippen molar-refractivity contribution >= 4 is 35.0 Å². The van der Waals surface area contributed by atoms with E-state index in [0.717, 1.165) is 43.1 Å². The lowest BCUT2D eigenvalue weighted by Crippen LogP contribution is -2.45. The third-order valence-electron chi connectivity index (χ3n) is 6.90. The molecule has 0 bridgehead atoms. The Morgan fingerprint density at radius 1 is 1.21 bits per heavy atom. The first kappa shape index (κ1) is 22.4. The Morgan fingerprint density at radius 2 is 1.97 bits per heavy atom. The number of nitrogens with zero attached hydrogens (tertiary/aromatic N) is 4. The monoisotopic (exact) mass is 482 g/mol. The number of aliphatic hydroxyl groups excluding tert-OH is 1. The fourth-order valence-corrected chi connectivity index (χ4v) is 6.08.